The summed E-state index contributed by atoms with van der Waals surface area (Å²) in [6.07, 6.45) is 1.99. The molecule has 1 aliphatic heterocycles. The molecule has 140 valence electrons. The van der Waals surface area contributed by atoms with E-state index < -0.39 is 5.92 Å². The SMILES string of the molecule is O=C1CCCC2=C1C(c1ccc(F)cc1)c1c([nH]n(-c3ccccc3)c1=O)N2. The van der Waals surface area contributed by atoms with Gasteiger partial charge in [0.2, 0.25) is 0 Å². The Balaban J connectivity index is 1.75. The molecule has 2 aliphatic rings. The lowest BCUT2D eigenvalue weighted by atomic mass is 9.77. The molecule has 0 radical (unpaired) electrons. The van der Waals surface area contributed by atoms with Crippen LogP contribution in [0.1, 0.15) is 36.3 Å². The second-order valence-electron chi connectivity index (χ2n) is 7.16. The number of para-hydroxylation sites is 1. The maximum atomic E-state index is 13.5. The van der Waals surface area contributed by atoms with Crippen LogP contribution in [0.5, 0.6) is 0 Å². The van der Waals surface area contributed by atoms with Crippen LogP contribution in [0.3, 0.4) is 0 Å². The number of Topliss-reactive ketones (excluding diaryl/α,β-unsaturated/α-hetero) is 1. The van der Waals surface area contributed by atoms with Gasteiger partial charge in [-0.2, -0.15) is 0 Å². The van der Waals surface area contributed by atoms with E-state index >= 15 is 0 Å². The largest absolute Gasteiger partial charge is 0.343 e. The molecule has 0 saturated heterocycles. The van der Waals surface area contributed by atoms with Crippen LogP contribution in [0.25, 0.3) is 5.69 Å². The van der Waals surface area contributed by atoms with Gasteiger partial charge in [-0.3, -0.25) is 14.7 Å². The molecule has 2 N–H and O–H groups in total. The molecule has 1 aromatic heterocycles. The summed E-state index contributed by atoms with van der Waals surface area (Å²) in [6, 6.07) is 15.3. The second-order valence-corrected chi connectivity index (χ2v) is 7.16. The number of allylic oxidation sites excluding steroid dienone is 2. The Morgan fingerprint density at radius 3 is 2.46 bits per heavy atom. The highest BCUT2D eigenvalue weighted by atomic mass is 19.1. The maximum absolute atomic E-state index is 13.5. The molecule has 1 aliphatic carbocycles. The predicted octanol–water partition coefficient (Wildman–Crippen LogP) is 3.87. The van der Waals surface area contributed by atoms with E-state index in [1.807, 2.05) is 30.3 Å². The van der Waals surface area contributed by atoms with Crippen LogP contribution in [-0.2, 0) is 4.79 Å². The quantitative estimate of drug-likeness (QED) is 0.715. The van der Waals surface area contributed by atoms with Gasteiger partial charge >= 0.3 is 0 Å². The molecule has 0 bridgehead atoms. The van der Waals surface area contributed by atoms with E-state index in [0.29, 0.717) is 29.1 Å². The van der Waals surface area contributed by atoms with Gasteiger partial charge in [0.15, 0.2) is 5.78 Å². The average Bonchev–Trinajstić information content (AvgIpc) is 3.04. The van der Waals surface area contributed by atoms with E-state index in [0.717, 1.165) is 24.1 Å². The summed E-state index contributed by atoms with van der Waals surface area (Å²) in [4.78, 5) is 26.1. The molecule has 3 aromatic rings. The van der Waals surface area contributed by atoms with Crippen molar-refractivity contribution < 1.29 is 9.18 Å². The number of hydrogen-bond donors (Lipinski definition) is 2. The monoisotopic (exact) mass is 375 g/mol. The zero-order valence-electron chi connectivity index (χ0n) is 15.0. The van der Waals surface area contributed by atoms with Crippen molar-refractivity contribution in [1.29, 1.82) is 0 Å². The molecule has 0 saturated carbocycles. The van der Waals surface area contributed by atoms with Gasteiger partial charge in [-0.05, 0) is 42.7 Å². The number of nitrogens with one attached hydrogen (secondary N) is 2. The van der Waals surface area contributed by atoms with Gasteiger partial charge in [-0.25, -0.2) is 9.07 Å². The van der Waals surface area contributed by atoms with Gasteiger partial charge in [-0.15, -0.1) is 0 Å². The molecule has 5 nitrogen and oxygen atoms in total. The van der Waals surface area contributed by atoms with Gasteiger partial charge in [-0.1, -0.05) is 30.3 Å². The first-order valence-electron chi connectivity index (χ1n) is 9.32. The number of aromatic amines is 1. The summed E-state index contributed by atoms with van der Waals surface area (Å²) >= 11 is 0. The minimum absolute atomic E-state index is 0.0422. The van der Waals surface area contributed by atoms with Gasteiger partial charge in [0.25, 0.3) is 5.56 Å². The van der Waals surface area contributed by atoms with Crippen LogP contribution in [0.2, 0.25) is 0 Å². The summed E-state index contributed by atoms with van der Waals surface area (Å²) in [7, 11) is 0. The van der Waals surface area contributed by atoms with E-state index in [9.17, 15) is 14.0 Å². The van der Waals surface area contributed by atoms with Crippen molar-refractivity contribution in [3.05, 3.63) is 93.2 Å². The number of benzene rings is 2. The van der Waals surface area contributed by atoms with Crippen molar-refractivity contribution in [2.75, 3.05) is 5.32 Å². The summed E-state index contributed by atoms with van der Waals surface area (Å²) in [6.45, 7) is 0. The van der Waals surface area contributed by atoms with E-state index in [4.69, 9.17) is 0 Å². The number of ketones is 1. The lowest BCUT2D eigenvalue weighted by Crippen LogP contribution is -2.29. The van der Waals surface area contributed by atoms with Crippen molar-refractivity contribution >= 4 is 11.6 Å². The Bertz CT molecular complexity index is 1160. The van der Waals surface area contributed by atoms with Gasteiger partial charge in [0, 0.05) is 23.6 Å². The van der Waals surface area contributed by atoms with Crippen LogP contribution in [0.4, 0.5) is 10.2 Å². The molecule has 0 spiro atoms. The Morgan fingerprint density at radius 2 is 1.71 bits per heavy atom. The molecule has 5 rings (SSSR count). The highest BCUT2D eigenvalue weighted by Gasteiger charge is 2.38. The second kappa shape index (κ2) is 6.34. The fraction of sp³-hybridized carbons (Fsp3) is 0.182. The zero-order chi connectivity index (χ0) is 19.3. The molecule has 0 fully saturated rings. The third-order valence-corrected chi connectivity index (χ3v) is 5.45. The van der Waals surface area contributed by atoms with E-state index in [2.05, 4.69) is 10.4 Å². The zero-order valence-corrected chi connectivity index (χ0v) is 15.0. The van der Waals surface area contributed by atoms with Gasteiger partial charge in [0.1, 0.15) is 11.6 Å². The standard InChI is InChI=1S/C22H18FN3O2/c23-14-11-9-13(10-12-14)18-19-16(7-4-8-17(19)27)24-21-20(18)22(28)26(25-21)15-5-2-1-3-6-15/h1-3,5-6,9-12,18,24-25H,4,7-8H2. The normalized spacial score (nSPS) is 18.5. The maximum Gasteiger partial charge on any atom is 0.277 e. The molecular weight excluding hydrogens is 357 g/mol. The fourth-order valence-electron chi connectivity index (χ4n) is 4.18. The van der Waals surface area contributed by atoms with Crippen LogP contribution in [-0.4, -0.2) is 15.6 Å². The molecule has 6 heteroatoms. The molecule has 2 aromatic carbocycles. The Morgan fingerprint density at radius 1 is 0.964 bits per heavy atom. The molecule has 1 atom stereocenters. The smallest absolute Gasteiger partial charge is 0.277 e. The topological polar surface area (TPSA) is 66.9 Å². The Labute approximate surface area is 160 Å². The lowest BCUT2D eigenvalue weighted by molar-refractivity contribution is -0.116. The summed E-state index contributed by atoms with van der Waals surface area (Å²) < 4.78 is 15.0. The van der Waals surface area contributed by atoms with Crippen LogP contribution >= 0.6 is 0 Å². The lowest BCUT2D eigenvalue weighted by Gasteiger charge is -2.31. The van der Waals surface area contributed by atoms with Crippen LogP contribution in [0.15, 0.2) is 70.7 Å². The first kappa shape index (κ1) is 16.7. The van der Waals surface area contributed by atoms with Crippen molar-refractivity contribution in [3.8, 4) is 5.69 Å². The van der Waals surface area contributed by atoms with Crippen molar-refractivity contribution in [2.24, 2.45) is 0 Å². The number of carbonyl (C=O) groups excluding carboxylic acids is 1. The number of hydrogen-bond acceptors (Lipinski definition) is 3. The van der Waals surface area contributed by atoms with Crippen LogP contribution < -0.4 is 10.9 Å². The Hall–Kier alpha value is -3.41. The number of anilines is 1. The third-order valence-electron chi connectivity index (χ3n) is 5.45. The number of H-pyrrole nitrogens is 1. The van der Waals surface area contributed by atoms with Gasteiger partial charge < -0.3 is 5.32 Å². The number of rotatable bonds is 2. The van der Waals surface area contributed by atoms with E-state index in [-0.39, 0.29) is 17.2 Å². The Kier molecular flexibility index (Phi) is 3.79. The van der Waals surface area contributed by atoms with Crippen LogP contribution in [0, 0.1) is 5.82 Å². The molecule has 0 amide bonds. The number of aromatic nitrogens is 2. The van der Waals surface area contributed by atoms with Crippen molar-refractivity contribution in [3.63, 3.8) is 0 Å². The number of nitrogens with zero attached hydrogens (tertiary/aromatic N) is 1. The summed E-state index contributed by atoms with van der Waals surface area (Å²) in [5.41, 5.74) is 3.20. The number of halogens is 1. The molecule has 2 heterocycles. The van der Waals surface area contributed by atoms with E-state index in [1.54, 1.807) is 12.1 Å². The third kappa shape index (κ3) is 2.52. The predicted molar refractivity (Wildman–Crippen MR) is 104 cm³/mol. The van der Waals surface area contributed by atoms with E-state index in [1.165, 1.54) is 16.8 Å². The molecule has 1 unspecified atom stereocenters. The minimum atomic E-state index is -0.506. The first-order valence-corrected chi connectivity index (χ1v) is 9.32. The first-order chi connectivity index (χ1) is 13.6. The molecular formula is C22H18FN3O2. The highest BCUT2D eigenvalue weighted by Crippen LogP contribution is 2.43. The average molecular weight is 375 g/mol. The molecule has 28 heavy (non-hydrogen) atoms. The fourth-order valence-corrected chi connectivity index (χ4v) is 4.18. The van der Waals surface area contributed by atoms with Crippen molar-refractivity contribution in [2.45, 2.75) is 25.2 Å². The van der Waals surface area contributed by atoms with Gasteiger partial charge in [0.05, 0.1) is 11.3 Å². The summed E-state index contributed by atoms with van der Waals surface area (Å²) in [5.74, 6) is -0.219. The highest BCUT2D eigenvalue weighted by molar-refractivity contribution is 6.00. The number of carbonyl (C=O) groups is 1. The number of fused-ring (bicyclic) bond motifs is 1. The van der Waals surface area contributed by atoms with Crippen molar-refractivity contribution in [1.82, 2.24) is 9.78 Å². The minimum Gasteiger partial charge on any atom is -0.343 e. The summed E-state index contributed by atoms with van der Waals surface area (Å²) in [5, 5.41) is 6.43.